The lowest BCUT2D eigenvalue weighted by atomic mass is 10.1. The number of ether oxygens (including phenoxy) is 1. The van der Waals surface area contributed by atoms with E-state index in [-0.39, 0.29) is 34.7 Å². The van der Waals surface area contributed by atoms with Gasteiger partial charge in [-0.2, -0.15) is 15.0 Å². The highest BCUT2D eigenvalue weighted by molar-refractivity contribution is 7.96. The number of rotatable bonds is 7. The minimum atomic E-state index is -1.48. The molecule has 1 unspecified atom stereocenters. The molecule has 0 spiro atoms. The Morgan fingerprint density at radius 3 is 2.62 bits per heavy atom. The zero-order valence-corrected chi connectivity index (χ0v) is 16.2. The van der Waals surface area contributed by atoms with Crippen molar-refractivity contribution < 1.29 is 34.4 Å². The SMILES string of the molecule is C[S+](CC[C@H](N)C(=O)O)C[C@H]1O[C@@H](N2C(=O)N=C3C(N)=NC(=O)N=C32)[C@H](O)[C@@H]1O. The van der Waals surface area contributed by atoms with Crippen LogP contribution in [0.3, 0.4) is 0 Å². The summed E-state index contributed by atoms with van der Waals surface area (Å²) >= 11 is 0. The number of nitrogens with two attached hydrogens (primary N) is 2. The zero-order chi connectivity index (χ0) is 21.5. The van der Waals surface area contributed by atoms with Crippen molar-refractivity contribution in [2.24, 2.45) is 26.4 Å². The van der Waals surface area contributed by atoms with E-state index < -0.39 is 48.6 Å². The van der Waals surface area contributed by atoms with Crippen LogP contribution in [0.25, 0.3) is 0 Å². The van der Waals surface area contributed by atoms with Crippen LogP contribution in [0.15, 0.2) is 15.0 Å². The average molecular weight is 429 g/mol. The van der Waals surface area contributed by atoms with Gasteiger partial charge in [0.05, 0.1) is 6.26 Å². The molecule has 29 heavy (non-hydrogen) atoms. The maximum atomic E-state index is 12.3. The highest BCUT2D eigenvalue weighted by Crippen LogP contribution is 2.29. The molecule has 158 valence electrons. The van der Waals surface area contributed by atoms with Crippen molar-refractivity contribution in [3.05, 3.63) is 0 Å². The molecule has 3 rings (SSSR count). The molecule has 3 aliphatic heterocycles. The summed E-state index contributed by atoms with van der Waals surface area (Å²) in [6.45, 7) is 0. The molecule has 0 aliphatic carbocycles. The molecule has 0 bridgehead atoms. The third kappa shape index (κ3) is 4.16. The number of carboxylic acid groups (broad SMARTS) is 1. The Morgan fingerprint density at radius 2 is 1.97 bits per heavy atom. The summed E-state index contributed by atoms with van der Waals surface area (Å²) in [6.07, 6.45) is -2.83. The van der Waals surface area contributed by atoms with E-state index in [0.717, 1.165) is 4.90 Å². The van der Waals surface area contributed by atoms with Crippen molar-refractivity contribution in [1.82, 2.24) is 4.90 Å². The first-order valence-corrected chi connectivity index (χ1v) is 10.6. The number of carbonyl (C=O) groups excluding carboxylic acids is 2. The van der Waals surface area contributed by atoms with Gasteiger partial charge < -0.3 is 31.5 Å². The van der Waals surface area contributed by atoms with Crippen LogP contribution in [0.1, 0.15) is 6.42 Å². The number of aliphatic hydroxyl groups excluding tert-OH is 2. The molecule has 6 atom stereocenters. The van der Waals surface area contributed by atoms with Gasteiger partial charge in [0.25, 0.3) is 0 Å². The monoisotopic (exact) mass is 429 g/mol. The molecule has 0 radical (unpaired) electrons. The molecule has 7 N–H and O–H groups in total. The van der Waals surface area contributed by atoms with E-state index in [0.29, 0.717) is 11.5 Å². The second-order valence-corrected chi connectivity index (χ2v) is 9.06. The molecule has 0 aromatic heterocycles. The Bertz CT molecular complexity index is 830. The number of hydrogen-bond acceptors (Lipinski definition) is 8. The molecule has 0 aromatic carbocycles. The van der Waals surface area contributed by atoms with Gasteiger partial charge in [-0.3, -0.25) is 4.79 Å². The highest BCUT2D eigenvalue weighted by atomic mass is 32.2. The number of fused-ring (bicyclic) bond motifs is 1. The highest BCUT2D eigenvalue weighted by Gasteiger charge is 2.52. The Labute approximate surface area is 167 Å². The number of amides is 4. The number of nitrogens with zero attached hydrogens (tertiary/aromatic N) is 4. The number of amidine groups is 2. The van der Waals surface area contributed by atoms with E-state index in [9.17, 15) is 24.6 Å². The summed E-state index contributed by atoms with van der Waals surface area (Å²) in [5.74, 6) is -0.752. The quantitative estimate of drug-likeness (QED) is 0.265. The number of carboxylic acids is 1. The summed E-state index contributed by atoms with van der Waals surface area (Å²) < 4.78 is 5.70. The first-order valence-electron chi connectivity index (χ1n) is 8.58. The summed E-state index contributed by atoms with van der Waals surface area (Å²) in [6, 6.07) is -2.76. The van der Waals surface area contributed by atoms with Crippen molar-refractivity contribution in [2.45, 2.75) is 37.0 Å². The first kappa shape index (κ1) is 21.3. The summed E-state index contributed by atoms with van der Waals surface area (Å²) in [4.78, 5) is 46.3. The first-order chi connectivity index (χ1) is 13.6. The van der Waals surface area contributed by atoms with Gasteiger partial charge >= 0.3 is 18.0 Å². The zero-order valence-electron chi connectivity index (χ0n) is 15.3. The summed E-state index contributed by atoms with van der Waals surface area (Å²) in [5.41, 5.74) is 11.0. The second-order valence-electron chi connectivity index (χ2n) is 6.76. The van der Waals surface area contributed by atoms with Crippen LogP contribution in [0.4, 0.5) is 9.59 Å². The van der Waals surface area contributed by atoms with E-state index in [2.05, 4.69) is 15.0 Å². The Kier molecular flexibility index (Phi) is 6.00. The number of hydrogen-bond donors (Lipinski definition) is 5. The van der Waals surface area contributed by atoms with Gasteiger partial charge in [0.1, 0.15) is 35.9 Å². The molecule has 13 nitrogen and oxygen atoms in total. The summed E-state index contributed by atoms with van der Waals surface area (Å²) in [5, 5.41) is 29.6. The smallest absolute Gasteiger partial charge is 0.371 e. The van der Waals surface area contributed by atoms with Gasteiger partial charge in [-0.15, -0.1) is 0 Å². The Hall–Kier alpha value is -2.39. The molecular weight excluding hydrogens is 408 g/mol. The summed E-state index contributed by atoms with van der Waals surface area (Å²) in [7, 11) is -0.372. The lowest BCUT2D eigenvalue weighted by molar-refractivity contribution is -0.138. The van der Waals surface area contributed by atoms with E-state index in [1.807, 2.05) is 6.26 Å². The fourth-order valence-electron chi connectivity index (χ4n) is 3.08. The molecule has 0 aromatic rings. The van der Waals surface area contributed by atoms with E-state index in [4.69, 9.17) is 21.3 Å². The van der Waals surface area contributed by atoms with Gasteiger partial charge in [-0.05, 0) is 10.9 Å². The lowest BCUT2D eigenvalue weighted by Gasteiger charge is -2.26. The predicted octanol–water partition coefficient (Wildman–Crippen LogP) is -2.75. The second kappa shape index (κ2) is 8.16. The van der Waals surface area contributed by atoms with Crippen LogP contribution in [-0.4, -0.2) is 104 Å². The van der Waals surface area contributed by atoms with Crippen LogP contribution in [0.5, 0.6) is 0 Å². The molecule has 14 heteroatoms. The molecule has 1 saturated heterocycles. The molecule has 1 fully saturated rings. The lowest BCUT2D eigenvalue weighted by Crippen LogP contribution is -2.50. The Balaban J connectivity index is 1.68. The van der Waals surface area contributed by atoms with E-state index in [1.54, 1.807) is 0 Å². The Morgan fingerprint density at radius 1 is 1.28 bits per heavy atom. The normalized spacial score (nSPS) is 31.2. The van der Waals surface area contributed by atoms with Gasteiger partial charge in [-0.25, -0.2) is 14.5 Å². The largest absolute Gasteiger partial charge is 0.480 e. The number of aliphatic carboxylic acids is 1. The number of aliphatic hydroxyl groups is 2. The molecule has 3 aliphatic rings. The third-order valence-electron chi connectivity index (χ3n) is 4.65. The van der Waals surface area contributed by atoms with Crippen molar-refractivity contribution in [3.63, 3.8) is 0 Å². The van der Waals surface area contributed by atoms with E-state index >= 15 is 0 Å². The van der Waals surface area contributed by atoms with Crippen molar-refractivity contribution in [1.29, 1.82) is 0 Å². The average Bonchev–Trinajstić information content (AvgIpc) is 3.10. The van der Waals surface area contributed by atoms with Crippen molar-refractivity contribution in [3.8, 4) is 0 Å². The maximum absolute atomic E-state index is 12.3. The minimum absolute atomic E-state index is 0.0961. The van der Waals surface area contributed by atoms with E-state index in [1.165, 1.54) is 0 Å². The molecule has 0 saturated carbocycles. The van der Waals surface area contributed by atoms with Gasteiger partial charge in [0.15, 0.2) is 23.6 Å². The van der Waals surface area contributed by atoms with Gasteiger partial charge in [0, 0.05) is 6.42 Å². The standard InChI is InChI=1S/C15H20N6O7S/c1-29(3-2-5(16)13(24)25)4-6-8(22)9(23)12(28-6)21-11-7(18-15(21)27)10(17)19-14(26)20-11/h5-6,8-9,12,22-23H,2-4,16H2,1H3,(H2-,17,19,24,25,26)/p+1/t5-,6+,8+,9+,12+,29?/m0/s1. The van der Waals surface area contributed by atoms with Crippen LogP contribution in [0.2, 0.25) is 0 Å². The predicted molar refractivity (Wildman–Crippen MR) is 103 cm³/mol. The molecular formula is C15H21N6O7S+. The fourth-order valence-corrected chi connectivity index (χ4v) is 4.74. The van der Waals surface area contributed by atoms with Gasteiger partial charge in [-0.1, -0.05) is 0 Å². The third-order valence-corrected chi connectivity index (χ3v) is 6.48. The minimum Gasteiger partial charge on any atom is -0.480 e. The molecule has 3 heterocycles. The van der Waals surface area contributed by atoms with Crippen molar-refractivity contribution >= 4 is 46.3 Å². The van der Waals surface area contributed by atoms with Crippen LogP contribution >= 0.6 is 0 Å². The van der Waals surface area contributed by atoms with Crippen LogP contribution in [-0.2, 0) is 20.4 Å². The number of aliphatic imine (C=N–C) groups is 3. The maximum Gasteiger partial charge on any atom is 0.371 e. The van der Waals surface area contributed by atoms with Crippen LogP contribution < -0.4 is 11.5 Å². The number of carbonyl (C=O) groups is 3. The topological polar surface area (TPSA) is 213 Å². The fraction of sp³-hybridized carbons (Fsp3) is 0.600. The molecule has 4 amide bonds. The van der Waals surface area contributed by atoms with Crippen LogP contribution in [0, 0.1) is 0 Å². The number of urea groups is 2. The van der Waals surface area contributed by atoms with Gasteiger partial charge in [0.2, 0.25) is 0 Å². The van der Waals surface area contributed by atoms with Crippen molar-refractivity contribution in [2.75, 3.05) is 17.8 Å².